The van der Waals surface area contributed by atoms with Gasteiger partial charge in [0.05, 0.1) is 0 Å². The summed E-state index contributed by atoms with van der Waals surface area (Å²) in [5.74, 6) is -0.107. The van der Waals surface area contributed by atoms with Crippen LogP contribution in [0.2, 0.25) is 0 Å². The first-order valence-electron chi connectivity index (χ1n) is 8.51. The fourth-order valence-corrected chi connectivity index (χ4v) is 3.51. The molecule has 0 spiro atoms. The van der Waals surface area contributed by atoms with Crippen LogP contribution in [-0.4, -0.2) is 40.7 Å². The van der Waals surface area contributed by atoms with Crippen molar-refractivity contribution in [3.8, 4) is 11.5 Å². The average Bonchev–Trinajstić information content (AvgIpc) is 2.99. The Morgan fingerprint density at radius 2 is 1.71 bits per heavy atom. The van der Waals surface area contributed by atoms with Gasteiger partial charge in [0, 0.05) is 19.1 Å². The van der Waals surface area contributed by atoms with Gasteiger partial charge in [0.15, 0.2) is 11.5 Å². The van der Waals surface area contributed by atoms with Gasteiger partial charge in [-0.25, -0.2) is 0 Å². The number of phenols is 2. The second kappa shape index (κ2) is 7.24. The largest absolute Gasteiger partial charge is 0.504 e. The van der Waals surface area contributed by atoms with Crippen molar-refractivity contribution in [2.75, 3.05) is 20.6 Å². The van der Waals surface area contributed by atoms with Gasteiger partial charge in [-0.1, -0.05) is 30.3 Å². The number of hydrogen-bond acceptors (Lipinski definition) is 4. The van der Waals surface area contributed by atoms with E-state index in [1.807, 2.05) is 6.07 Å². The van der Waals surface area contributed by atoms with Gasteiger partial charge in [-0.2, -0.15) is 0 Å². The van der Waals surface area contributed by atoms with Crippen LogP contribution in [0.3, 0.4) is 0 Å². The maximum absolute atomic E-state index is 9.69. The minimum absolute atomic E-state index is 0.0451. The van der Waals surface area contributed by atoms with Gasteiger partial charge < -0.3 is 15.1 Å². The quantitative estimate of drug-likeness (QED) is 0.826. The van der Waals surface area contributed by atoms with Crippen molar-refractivity contribution in [1.82, 2.24) is 9.80 Å². The molecule has 1 aliphatic rings. The summed E-state index contributed by atoms with van der Waals surface area (Å²) in [4.78, 5) is 4.63. The molecule has 1 aliphatic heterocycles. The standard InChI is InChI=1S/C20H26N2O2/c1-21(2)13-15-5-8-17(9-6-15)18-4-3-11-22(18)14-16-7-10-19(23)20(24)12-16/h5-10,12,18,23-24H,3-4,11,13-14H2,1-2H3. The maximum Gasteiger partial charge on any atom is 0.157 e. The summed E-state index contributed by atoms with van der Waals surface area (Å²) in [6.07, 6.45) is 2.35. The van der Waals surface area contributed by atoms with Gasteiger partial charge >= 0.3 is 0 Å². The van der Waals surface area contributed by atoms with Gasteiger partial charge in [-0.15, -0.1) is 0 Å². The molecule has 2 aromatic carbocycles. The van der Waals surface area contributed by atoms with Crippen LogP contribution in [0.4, 0.5) is 0 Å². The lowest BCUT2D eigenvalue weighted by Crippen LogP contribution is -2.22. The van der Waals surface area contributed by atoms with Crippen molar-refractivity contribution in [2.45, 2.75) is 32.0 Å². The SMILES string of the molecule is CN(C)Cc1ccc(C2CCCN2Cc2ccc(O)c(O)c2)cc1. The van der Waals surface area contributed by atoms with Crippen molar-refractivity contribution in [3.63, 3.8) is 0 Å². The second-order valence-electron chi connectivity index (χ2n) is 6.93. The summed E-state index contributed by atoms with van der Waals surface area (Å²) in [6.45, 7) is 2.81. The van der Waals surface area contributed by atoms with Crippen LogP contribution in [-0.2, 0) is 13.1 Å². The zero-order valence-electron chi connectivity index (χ0n) is 14.4. The van der Waals surface area contributed by atoms with Crippen LogP contribution in [0, 0.1) is 0 Å². The second-order valence-corrected chi connectivity index (χ2v) is 6.93. The van der Waals surface area contributed by atoms with E-state index in [1.54, 1.807) is 12.1 Å². The van der Waals surface area contributed by atoms with Crippen molar-refractivity contribution >= 4 is 0 Å². The molecule has 0 radical (unpaired) electrons. The molecule has 2 N–H and O–H groups in total. The van der Waals surface area contributed by atoms with E-state index in [1.165, 1.54) is 17.5 Å². The van der Waals surface area contributed by atoms with Crippen molar-refractivity contribution in [1.29, 1.82) is 0 Å². The number of phenolic OH excluding ortho intramolecular Hbond substituents is 2. The average molecular weight is 326 g/mol. The number of rotatable bonds is 5. The van der Waals surface area contributed by atoms with Crippen LogP contribution in [0.1, 0.15) is 35.6 Å². The van der Waals surface area contributed by atoms with E-state index in [0.717, 1.165) is 31.6 Å². The Balaban J connectivity index is 1.71. The van der Waals surface area contributed by atoms with Gasteiger partial charge in [-0.3, -0.25) is 4.90 Å². The van der Waals surface area contributed by atoms with E-state index in [-0.39, 0.29) is 11.5 Å². The summed E-state index contributed by atoms with van der Waals surface area (Å²) in [5.41, 5.74) is 3.72. The Morgan fingerprint density at radius 1 is 1.00 bits per heavy atom. The zero-order chi connectivity index (χ0) is 17.1. The third-order valence-electron chi connectivity index (χ3n) is 4.65. The number of benzene rings is 2. The van der Waals surface area contributed by atoms with Gasteiger partial charge in [0.2, 0.25) is 0 Å². The lowest BCUT2D eigenvalue weighted by Gasteiger charge is -2.25. The molecule has 0 aromatic heterocycles. The van der Waals surface area contributed by atoms with Crippen LogP contribution >= 0.6 is 0 Å². The predicted molar refractivity (Wildman–Crippen MR) is 96.0 cm³/mol. The van der Waals surface area contributed by atoms with E-state index >= 15 is 0 Å². The monoisotopic (exact) mass is 326 g/mol. The zero-order valence-corrected chi connectivity index (χ0v) is 14.4. The Bertz CT molecular complexity index is 683. The van der Waals surface area contributed by atoms with Crippen molar-refractivity contribution < 1.29 is 10.2 Å². The molecule has 128 valence electrons. The highest BCUT2D eigenvalue weighted by Crippen LogP contribution is 2.34. The third kappa shape index (κ3) is 3.89. The molecule has 1 saturated heterocycles. The summed E-state index contributed by atoms with van der Waals surface area (Å²) in [5, 5.41) is 19.1. The van der Waals surface area contributed by atoms with E-state index in [9.17, 15) is 10.2 Å². The number of aromatic hydroxyl groups is 2. The van der Waals surface area contributed by atoms with Gasteiger partial charge in [-0.05, 0) is 62.3 Å². The Morgan fingerprint density at radius 3 is 2.38 bits per heavy atom. The molecular formula is C20H26N2O2. The fraction of sp³-hybridized carbons (Fsp3) is 0.400. The first-order valence-corrected chi connectivity index (χ1v) is 8.51. The predicted octanol–water partition coefficient (Wildman–Crippen LogP) is 3.50. The smallest absolute Gasteiger partial charge is 0.157 e. The number of nitrogens with zero attached hydrogens (tertiary/aromatic N) is 2. The van der Waals surface area contributed by atoms with E-state index in [0.29, 0.717) is 6.04 Å². The molecule has 4 heteroatoms. The molecule has 0 saturated carbocycles. The minimum atomic E-state index is -0.0618. The molecule has 1 unspecified atom stereocenters. The molecule has 2 aromatic rings. The molecule has 0 aliphatic carbocycles. The lowest BCUT2D eigenvalue weighted by atomic mass is 10.0. The number of hydrogen-bond donors (Lipinski definition) is 2. The molecular weight excluding hydrogens is 300 g/mol. The molecule has 3 rings (SSSR count). The Kier molecular flexibility index (Phi) is 5.07. The Labute approximate surface area is 144 Å². The summed E-state index contributed by atoms with van der Waals surface area (Å²) >= 11 is 0. The molecule has 1 atom stereocenters. The van der Waals surface area contributed by atoms with Crippen LogP contribution < -0.4 is 0 Å². The minimum Gasteiger partial charge on any atom is -0.504 e. The number of likely N-dealkylation sites (tertiary alicyclic amines) is 1. The fourth-order valence-electron chi connectivity index (χ4n) is 3.51. The van der Waals surface area contributed by atoms with Gasteiger partial charge in [0.25, 0.3) is 0 Å². The highest BCUT2D eigenvalue weighted by molar-refractivity contribution is 5.40. The molecule has 1 heterocycles. The molecule has 0 bridgehead atoms. The van der Waals surface area contributed by atoms with Crippen LogP contribution in [0.15, 0.2) is 42.5 Å². The highest BCUT2D eigenvalue weighted by atomic mass is 16.3. The molecule has 0 amide bonds. The maximum atomic E-state index is 9.69. The first kappa shape index (κ1) is 16.8. The summed E-state index contributed by atoms with van der Waals surface area (Å²) in [7, 11) is 4.17. The third-order valence-corrected chi connectivity index (χ3v) is 4.65. The molecule has 1 fully saturated rings. The summed E-state index contributed by atoms with van der Waals surface area (Å²) in [6, 6.07) is 14.5. The van der Waals surface area contributed by atoms with Gasteiger partial charge in [0.1, 0.15) is 0 Å². The van der Waals surface area contributed by atoms with Crippen LogP contribution in [0.25, 0.3) is 0 Å². The van der Waals surface area contributed by atoms with Crippen molar-refractivity contribution in [2.24, 2.45) is 0 Å². The highest BCUT2D eigenvalue weighted by Gasteiger charge is 2.26. The van der Waals surface area contributed by atoms with E-state index in [4.69, 9.17) is 0 Å². The lowest BCUT2D eigenvalue weighted by molar-refractivity contribution is 0.248. The molecule has 24 heavy (non-hydrogen) atoms. The Hall–Kier alpha value is -2.04. The van der Waals surface area contributed by atoms with Crippen LogP contribution in [0.5, 0.6) is 11.5 Å². The van der Waals surface area contributed by atoms with E-state index in [2.05, 4.69) is 48.2 Å². The molecule has 4 nitrogen and oxygen atoms in total. The normalized spacial score (nSPS) is 18.4. The topological polar surface area (TPSA) is 46.9 Å². The van der Waals surface area contributed by atoms with Crippen molar-refractivity contribution in [3.05, 3.63) is 59.2 Å². The summed E-state index contributed by atoms with van der Waals surface area (Å²) < 4.78 is 0. The van der Waals surface area contributed by atoms with E-state index < -0.39 is 0 Å². The first-order chi connectivity index (χ1) is 11.5.